The molecule has 0 aliphatic heterocycles. The molecule has 3 aromatic rings. The van der Waals surface area contributed by atoms with Gasteiger partial charge in [0.15, 0.2) is 0 Å². The molecular weight excluding hydrogens is 322 g/mol. The van der Waals surface area contributed by atoms with E-state index in [4.69, 9.17) is 0 Å². The predicted octanol–water partition coefficient (Wildman–Crippen LogP) is 2.47. The Balaban J connectivity index is 1.57. The van der Waals surface area contributed by atoms with Crippen LogP contribution in [0.4, 0.5) is 8.78 Å². The molecule has 0 fully saturated rings. The third-order valence-electron chi connectivity index (χ3n) is 3.11. The second-order valence-corrected chi connectivity index (χ2v) is 5.72. The fourth-order valence-corrected chi connectivity index (χ4v) is 2.63. The van der Waals surface area contributed by atoms with Gasteiger partial charge in [-0.15, -0.1) is 16.4 Å². The molecule has 0 bridgehead atoms. The summed E-state index contributed by atoms with van der Waals surface area (Å²) in [5, 5.41) is 13.4. The largest absolute Gasteiger partial charge is 0.350 e. The second-order valence-electron chi connectivity index (χ2n) is 4.79. The van der Waals surface area contributed by atoms with E-state index in [1.54, 1.807) is 10.9 Å². The molecule has 0 saturated carbocycles. The molecule has 0 saturated heterocycles. The summed E-state index contributed by atoms with van der Waals surface area (Å²) < 4.78 is 27.9. The number of thiophene rings is 1. The molecule has 1 aromatic carbocycles. The van der Waals surface area contributed by atoms with Crippen LogP contribution in [0.25, 0.3) is 5.00 Å². The first kappa shape index (κ1) is 15.3. The van der Waals surface area contributed by atoms with E-state index in [0.29, 0.717) is 5.69 Å². The summed E-state index contributed by atoms with van der Waals surface area (Å²) in [6, 6.07) is 6.95. The zero-order valence-electron chi connectivity index (χ0n) is 11.9. The zero-order valence-corrected chi connectivity index (χ0v) is 12.7. The third-order valence-corrected chi connectivity index (χ3v) is 3.96. The van der Waals surface area contributed by atoms with Gasteiger partial charge in [-0.3, -0.25) is 4.79 Å². The van der Waals surface area contributed by atoms with Crippen LogP contribution in [0.5, 0.6) is 0 Å². The van der Waals surface area contributed by atoms with Gasteiger partial charge in [0.1, 0.15) is 22.3 Å². The standard InChI is InChI=1S/C15H12F2N4OS/c16-11-4-3-10(13(17)7-11)6-14(22)18-8-12-9-21(20-19-12)15-2-1-5-23-15/h1-5,7,9H,6,8H2,(H,18,22). The molecule has 1 amide bonds. The van der Waals surface area contributed by atoms with Gasteiger partial charge in [-0.05, 0) is 29.1 Å². The monoisotopic (exact) mass is 334 g/mol. The quantitative estimate of drug-likeness (QED) is 0.780. The number of amides is 1. The van der Waals surface area contributed by atoms with Gasteiger partial charge in [-0.1, -0.05) is 11.3 Å². The highest BCUT2D eigenvalue weighted by Gasteiger charge is 2.10. The lowest BCUT2D eigenvalue weighted by atomic mass is 10.1. The number of hydrogen-bond acceptors (Lipinski definition) is 4. The summed E-state index contributed by atoms with van der Waals surface area (Å²) in [6.45, 7) is 0.188. The SMILES string of the molecule is O=C(Cc1ccc(F)cc1F)NCc1cn(-c2cccs2)nn1. The van der Waals surface area contributed by atoms with Crippen molar-refractivity contribution in [3.05, 3.63) is 64.8 Å². The van der Waals surface area contributed by atoms with Crippen molar-refractivity contribution < 1.29 is 13.6 Å². The molecule has 2 aromatic heterocycles. The number of nitrogens with one attached hydrogen (secondary N) is 1. The molecule has 3 rings (SSSR count). The summed E-state index contributed by atoms with van der Waals surface area (Å²) >= 11 is 1.52. The Bertz CT molecular complexity index is 817. The number of hydrogen-bond donors (Lipinski definition) is 1. The summed E-state index contributed by atoms with van der Waals surface area (Å²) in [5.41, 5.74) is 0.734. The minimum Gasteiger partial charge on any atom is -0.350 e. The maximum absolute atomic E-state index is 13.5. The Morgan fingerprint density at radius 2 is 2.17 bits per heavy atom. The van der Waals surface area contributed by atoms with Gasteiger partial charge in [-0.2, -0.15) is 0 Å². The summed E-state index contributed by atoms with van der Waals surface area (Å²) in [4.78, 5) is 11.8. The number of carbonyl (C=O) groups excluding carboxylic acids is 1. The first-order valence-corrected chi connectivity index (χ1v) is 7.65. The molecule has 5 nitrogen and oxygen atoms in total. The molecule has 0 atom stereocenters. The van der Waals surface area contributed by atoms with Crippen molar-refractivity contribution in [3.8, 4) is 5.00 Å². The van der Waals surface area contributed by atoms with Crippen LogP contribution in [0, 0.1) is 11.6 Å². The van der Waals surface area contributed by atoms with E-state index in [-0.39, 0.29) is 24.4 Å². The van der Waals surface area contributed by atoms with Crippen molar-refractivity contribution in [1.29, 1.82) is 0 Å². The molecule has 8 heteroatoms. The molecule has 1 N–H and O–H groups in total. The van der Waals surface area contributed by atoms with Crippen LogP contribution in [-0.2, 0) is 17.8 Å². The van der Waals surface area contributed by atoms with Crippen molar-refractivity contribution in [2.24, 2.45) is 0 Å². The van der Waals surface area contributed by atoms with Crippen LogP contribution in [0.15, 0.2) is 41.9 Å². The Morgan fingerprint density at radius 3 is 2.91 bits per heavy atom. The summed E-state index contributed by atoms with van der Waals surface area (Å²) in [6.07, 6.45) is 1.55. The molecule has 118 valence electrons. The zero-order chi connectivity index (χ0) is 16.2. The van der Waals surface area contributed by atoms with Crippen LogP contribution in [0.2, 0.25) is 0 Å². The molecule has 0 spiro atoms. The number of carbonyl (C=O) groups is 1. The molecule has 0 radical (unpaired) electrons. The minimum absolute atomic E-state index is 0.145. The van der Waals surface area contributed by atoms with E-state index in [0.717, 1.165) is 17.1 Å². The van der Waals surface area contributed by atoms with Crippen molar-refractivity contribution in [1.82, 2.24) is 20.3 Å². The van der Waals surface area contributed by atoms with Crippen LogP contribution < -0.4 is 5.32 Å². The lowest BCUT2D eigenvalue weighted by Crippen LogP contribution is -2.25. The lowest BCUT2D eigenvalue weighted by molar-refractivity contribution is -0.120. The lowest BCUT2D eigenvalue weighted by Gasteiger charge is -2.04. The van der Waals surface area contributed by atoms with Crippen molar-refractivity contribution >= 4 is 17.2 Å². The van der Waals surface area contributed by atoms with Crippen LogP contribution in [0.3, 0.4) is 0 Å². The third kappa shape index (κ3) is 3.78. The minimum atomic E-state index is -0.733. The van der Waals surface area contributed by atoms with E-state index in [1.807, 2.05) is 17.5 Å². The Hall–Kier alpha value is -2.61. The molecular formula is C15H12F2N4OS. The molecule has 0 aliphatic carbocycles. The molecule has 0 aliphatic rings. The van der Waals surface area contributed by atoms with Gasteiger partial charge in [0.2, 0.25) is 5.91 Å². The van der Waals surface area contributed by atoms with Crippen LogP contribution in [-0.4, -0.2) is 20.9 Å². The number of aromatic nitrogens is 3. The topological polar surface area (TPSA) is 59.8 Å². The van der Waals surface area contributed by atoms with E-state index in [9.17, 15) is 13.6 Å². The highest BCUT2D eigenvalue weighted by atomic mass is 32.1. The Labute approximate surface area is 134 Å². The Kier molecular flexibility index (Phi) is 4.42. The molecule has 0 unspecified atom stereocenters. The fraction of sp³-hybridized carbons (Fsp3) is 0.133. The van der Waals surface area contributed by atoms with Crippen LogP contribution >= 0.6 is 11.3 Å². The van der Waals surface area contributed by atoms with Gasteiger partial charge in [0.05, 0.1) is 19.2 Å². The van der Waals surface area contributed by atoms with Gasteiger partial charge in [-0.25, -0.2) is 13.5 Å². The van der Waals surface area contributed by atoms with Crippen molar-refractivity contribution in [2.45, 2.75) is 13.0 Å². The number of rotatable bonds is 5. The first-order chi connectivity index (χ1) is 11.1. The van der Waals surface area contributed by atoms with Gasteiger partial charge in [0, 0.05) is 6.07 Å². The van der Waals surface area contributed by atoms with E-state index < -0.39 is 11.6 Å². The maximum Gasteiger partial charge on any atom is 0.224 e. The Morgan fingerprint density at radius 1 is 1.30 bits per heavy atom. The van der Waals surface area contributed by atoms with Crippen molar-refractivity contribution in [3.63, 3.8) is 0 Å². The molecule has 23 heavy (non-hydrogen) atoms. The van der Waals surface area contributed by atoms with Crippen LogP contribution in [0.1, 0.15) is 11.3 Å². The average molecular weight is 334 g/mol. The highest BCUT2D eigenvalue weighted by Crippen LogP contribution is 2.13. The fourth-order valence-electron chi connectivity index (χ4n) is 1.98. The smallest absolute Gasteiger partial charge is 0.224 e. The van der Waals surface area contributed by atoms with E-state index >= 15 is 0 Å². The highest BCUT2D eigenvalue weighted by molar-refractivity contribution is 7.12. The summed E-state index contributed by atoms with van der Waals surface area (Å²) in [5.74, 6) is -1.78. The number of halogens is 2. The van der Waals surface area contributed by atoms with E-state index in [2.05, 4.69) is 15.6 Å². The first-order valence-electron chi connectivity index (χ1n) is 6.77. The van der Waals surface area contributed by atoms with E-state index in [1.165, 1.54) is 17.4 Å². The average Bonchev–Trinajstić information content (AvgIpc) is 3.18. The van der Waals surface area contributed by atoms with Gasteiger partial charge >= 0.3 is 0 Å². The maximum atomic E-state index is 13.5. The number of nitrogens with zero attached hydrogens (tertiary/aromatic N) is 3. The molecule has 2 heterocycles. The van der Waals surface area contributed by atoms with Gasteiger partial charge < -0.3 is 5.32 Å². The predicted molar refractivity (Wildman–Crippen MR) is 81.1 cm³/mol. The van der Waals surface area contributed by atoms with Gasteiger partial charge in [0.25, 0.3) is 0 Å². The summed E-state index contributed by atoms with van der Waals surface area (Å²) in [7, 11) is 0. The normalized spacial score (nSPS) is 10.7. The number of benzene rings is 1. The second kappa shape index (κ2) is 6.66. The van der Waals surface area contributed by atoms with Crippen molar-refractivity contribution in [2.75, 3.05) is 0 Å².